The maximum Gasteiger partial charge on any atom is 0.118 e. The molecule has 160 valence electrons. The topological polar surface area (TPSA) is 104 Å². The summed E-state index contributed by atoms with van der Waals surface area (Å²) in [5.74, 6) is 0.765. The van der Waals surface area contributed by atoms with E-state index in [1.54, 1.807) is 13.2 Å². The first-order valence-electron chi connectivity index (χ1n) is 9.64. The van der Waals surface area contributed by atoms with Crippen molar-refractivity contribution in [1.29, 1.82) is 0 Å². The smallest absolute Gasteiger partial charge is 0.118 e. The Morgan fingerprint density at radius 1 is 1.03 bits per heavy atom. The molecule has 2 aromatic carbocycles. The van der Waals surface area contributed by atoms with Crippen molar-refractivity contribution in [3.05, 3.63) is 64.8 Å². The zero-order valence-corrected chi connectivity index (χ0v) is 17.1. The van der Waals surface area contributed by atoms with Gasteiger partial charge in [-0.2, -0.15) is 0 Å². The summed E-state index contributed by atoms with van der Waals surface area (Å²) in [5, 5.41) is 41.8. The molecule has 8 heteroatoms. The van der Waals surface area contributed by atoms with Crippen molar-refractivity contribution in [2.75, 3.05) is 13.7 Å². The lowest BCUT2D eigenvalue weighted by molar-refractivity contribution is -0.231. The molecule has 1 aromatic heterocycles. The molecule has 4 rings (SSSR count). The van der Waals surface area contributed by atoms with Crippen molar-refractivity contribution in [2.24, 2.45) is 0 Å². The quantitative estimate of drug-likeness (QED) is 0.489. The first-order valence-corrected chi connectivity index (χ1v) is 10.0. The molecule has 0 radical (unpaired) electrons. The van der Waals surface area contributed by atoms with Crippen LogP contribution in [0.4, 0.5) is 0 Å². The van der Waals surface area contributed by atoms with Crippen LogP contribution >= 0.6 is 11.6 Å². The molecule has 0 saturated carbocycles. The highest BCUT2D eigenvalue weighted by molar-refractivity contribution is 6.31. The van der Waals surface area contributed by atoms with Gasteiger partial charge in [0.25, 0.3) is 0 Å². The zero-order valence-electron chi connectivity index (χ0n) is 16.4. The molecular weight excluding hydrogens is 410 g/mol. The Bertz CT molecular complexity index is 1020. The second-order valence-electron chi connectivity index (χ2n) is 7.47. The third kappa shape index (κ3) is 3.80. The SMILES string of the molecule is COc1ccc(Cn2cc([C@@H]3O[C@H](CO)[C@@H](O)[C@H](O)[C@H]3O)c3ccc(Cl)cc32)cc1. The number of fused-ring (bicyclic) bond motifs is 1. The van der Waals surface area contributed by atoms with Crippen LogP contribution in [0.1, 0.15) is 17.2 Å². The number of nitrogens with zero attached hydrogens (tertiary/aromatic N) is 1. The molecule has 1 aliphatic rings. The Balaban J connectivity index is 1.75. The fourth-order valence-corrected chi connectivity index (χ4v) is 4.10. The second-order valence-corrected chi connectivity index (χ2v) is 7.91. The van der Waals surface area contributed by atoms with Gasteiger partial charge in [0.1, 0.15) is 36.3 Å². The summed E-state index contributed by atoms with van der Waals surface area (Å²) < 4.78 is 13.0. The molecule has 3 aromatic rings. The molecule has 5 atom stereocenters. The molecule has 1 aliphatic heterocycles. The Labute approximate surface area is 178 Å². The van der Waals surface area contributed by atoms with Crippen LogP contribution in [0.3, 0.4) is 0 Å². The zero-order chi connectivity index (χ0) is 21.4. The minimum atomic E-state index is -1.44. The molecule has 1 saturated heterocycles. The van der Waals surface area contributed by atoms with Gasteiger partial charge in [0.05, 0.1) is 19.2 Å². The van der Waals surface area contributed by atoms with Crippen molar-refractivity contribution in [3.8, 4) is 5.75 Å². The van der Waals surface area contributed by atoms with Crippen LogP contribution in [0.5, 0.6) is 5.75 Å². The van der Waals surface area contributed by atoms with Gasteiger partial charge in [-0.3, -0.25) is 0 Å². The standard InChI is InChI=1S/C22H24ClNO6/c1-29-14-5-2-12(3-6-14)9-24-10-16(15-7-4-13(23)8-17(15)24)22-21(28)20(27)19(26)18(11-25)30-22/h2-8,10,18-22,25-28H,9,11H2,1H3/t18-,19-,20+,21-,22+/m1/s1. The van der Waals surface area contributed by atoms with Gasteiger partial charge in [-0.1, -0.05) is 29.8 Å². The van der Waals surface area contributed by atoms with E-state index in [4.69, 9.17) is 21.1 Å². The predicted octanol–water partition coefficient (Wildman–Crippen LogP) is 1.87. The van der Waals surface area contributed by atoms with Gasteiger partial charge in [-0.25, -0.2) is 0 Å². The Morgan fingerprint density at radius 3 is 2.43 bits per heavy atom. The summed E-state index contributed by atoms with van der Waals surface area (Å²) in [7, 11) is 1.61. The van der Waals surface area contributed by atoms with E-state index in [-0.39, 0.29) is 0 Å². The van der Waals surface area contributed by atoms with Crippen LogP contribution in [0.2, 0.25) is 5.02 Å². The predicted molar refractivity (Wildman–Crippen MR) is 112 cm³/mol. The molecule has 7 nitrogen and oxygen atoms in total. The number of ether oxygens (including phenoxy) is 2. The van der Waals surface area contributed by atoms with Crippen LogP contribution in [0.25, 0.3) is 10.9 Å². The van der Waals surface area contributed by atoms with Crippen LogP contribution in [-0.2, 0) is 11.3 Å². The lowest BCUT2D eigenvalue weighted by Crippen LogP contribution is -2.55. The highest BCUT2D eigenvalue weighted by Gasteiger charge is 2.44. The summed E-state index contributed by atoms with van der Waals surface area (Å²) in [6, 6.07) is 13.1. The Hall–Kier alpha value is -2.13. The summed E-state index contributed by atoms with van der Waals surface area (Å²) in [6.45, 7) is 0.0655. The molecule has 0 aliphatic carbocycles. The van der Waals surface area contributed by atoms with Crippen molar-refractivity contribution >= 4 is 22.5 Å². The van der Waals surface area contributed by atoms with Gasteiger partial charge in [-0.15, -0.1) is 0 Å². The van der Waals surface area contributed by atoms with Gasteiger partial charge in [0.2, 0.25) is 0 Å². The van der Waals surface area contributed by atoms with E-state index in [0.29, 0.717) is 17.1 Å². The fourth-order valence-electron chi connectivity index (χ4n) is 3.94. The summed E-state index contributed by atoms with van der Waals surface area (Å²) in [4.78, 5) is 0. The summed E-state index contributed by atoms with van der Waals surface area (Å²) in [6.07, 6.45) is -4.23. The van der Waals surface area contributed by atoms with Crippen LogP contribution < -0.4 is 4.74 Å². The van der Waals surface area contributed by atoms with E-state index in [0.717, 1.165) is 22.2 Å². The van der Waals surface area contributed by atoms with Gasteiger partial charge in [0.15, 0.2) is 0 Å². The first-order chi connectivity index (χ1) is 14.4. The van der Waals surface area contributed by atoms with Gasteiger partial charge < -0.3 is 34.5 Å². The number of aromatic nitrogens is 1. The Kier molecular flexibility index (Phi) is 6.02. The first kappa shape index (κ1) is 21.1. The molecule has 2 heterocycles. The highest BCUT2D eigenvalue weighted by Crippen LogP contribution is 2.38. The van der Waals surface area contributed by atoms with E-state index >= 15 is 0 Å². The number of hydrogen-bond donors (Lipinski definition) is 4. The lowest BCUT2D eigenvalue weighted by atomic mass is 9.91. The summed E-state index contributed by atoms with van der Waals surface area (Å²) in [5.41, 5.74) is 2.52. The maximum absolute atomic E-state index is 10.6. The Morgan fingerprint density at radius 2 is 1.77 bits per heavy atom. The highest BCUT2D eigenvalue weighted by atomic mass is 35.5. The van der Waals surface area contributed by atoms with Crippen molar-refractivity contribution < 1.29 is 29.9 Å². The number of hydrogen-bond acceptors (Lipinski definition) is 6. The van der Waals surface area contributed by atoms with E-state index in [1.165, 1.54) is 0 Å². The van der Waals surface area contributed by atoms with Crippen molar-refractivity contribution in [2.45, 2.75) is 37.1 Å². The lowest BCUT2D eigenvalue weighted by Gasteiger charge is -2.40. The van der Waals surface area contributed by atoms with Gasteiger partial charge >= 0.3 is 0 Å². The summed E-state index contributed by atoms with van der Waals surface area (Å²) >= 11 is 6.23. The number of aliphatic hydroxyl groups is 4. The van der Waals surface area contributed by atoms with Crippen LogP contribution in [0.15, 0.2) is 48.7 Å². The molecule has 0 spiro atoms. The third-order valence-corrected chi connectivity index (χ3v) is 5.82. The van der Waals surface area contributed by atoms with Crippen molar-refractivity contribution in [1.82, 2.24) is 4.57 Å². The number of benzene rings is 2. The molecular formula is C22H24ClNO6. The minimum Gasteiger partial charge on any atom is -0.497 e. The van der Waals surface area contributed by atoms with E-state index in [2.05, 4.69) is 0 Å². The second kappa shape index (κ2) is 8.55. The molecule has 4 N–H and O–H groups in total. The van der Waals surface area contributed by atoms with Crippen LogP contribution in [-0.4, -0.2) is 63.1 Å². The monoisotopic (exact) mass is 433 g/mol. The fraction of sp³-hybridized carbons (Fsp3) is 0.364. The average Bonchev–Trinajstić information content (AvgIpc) is 3.10. The van der Waals surface area contributed by atoms with Crippen LogP contribution in [0, 0.1) is 0 Å². The molecule has 1 fully saturated rings. The maximum atomic E-state index is 10.6. The van der Waals surface area contributed by atoms with E-state index in [1.807, 2.05) is 47.2 Å². The third-order valence-electron chi connectivity index (χ3n) is 5.59. The van der Waals surface area contributed by atoms with Gasteiger partial charge in [0, 0.05) is 28.7 Å². The number of aliphatic hydroxyl groups excluding tert-OH is 4. The number of rotatable bonds is 5. The molecule has 0 bridgehead atoms. The van der Waals surface area contributed by atoms with E-state index < -0.39 is 37.1 Å². The number of halogens is 1. The minimum absolute atomic E-state index is 0.474. The average molecular weight is 434 g/mol. The molecule has 30 heavy (non-hydrogen) atoms. The van der Waals surface area contributed by atoms with Gasteiger partial charge in [-0.05, 0) is 29.8 Å². The normalized spacial score (nSPS) is 26.8. The molecule has 0 amide bonds. The van der Waals surface area contributed by atoms with E-state index in [9.17, 15) is 20.4 Å². The largest absolute Gasteiger partial charge is 0.497 e. The number of methoxy groups -OCH3 is 1. The molecule has 0 unspecified atom stereocenters. The van der Waals surface area contributed by atoms with Crippen molar-refractivity contribution in [3.63, 3.8) is 0 Å².